The van der Waals surface area contributed by atoms with Crippen LogP contribution in [-0.2, 0) is 9.59 Å². The average molecular weight is 277 g/mol. The van der Waals surface area contributed by atoms with Crippen molar-refractivity contribution in [3.8, 4) is 0 Å². The quantitative estimate of drug-likeness (QED) is 0.503. The van der Waals surface area contributed by atoms with Gasteiger partial charge in [0, 0.05) is 25.2 Å². The number of nitrogens with one attached hydrogen (secondary N) is 1. The molecule has 0 atom stereocenters. The van der Waals surface area contributed by atoms with Crippen molar-refractivity contribution < 1.29 is 14.5 Å². The number of anilines is 1. The standard InChI is InChI=1S/C13H15N3O4/c1-9-4-5-10(16(19)20)8-11(9)14-12(17)13(18)15-6-2-3-7-15/h4-5,8H,2-3,6-7H2,1H3,(H,14,17). The van der Waals surface area contributed by atoms with Gasteiger partial charge in [0.2, 0.25) is 0 Å². The van der Waals surface area contributed by atoms with Gasteiger partial charge in [-0.05, 0) is 25.3 Å². The molecule has 1 fully saturated rings. The number of carbonyl (C=O) groups is 2. The van der Waals surface area contributed by atoms with Gasteiger partial charge in [-0.15, -0.1) is 0 Å². The Morgan fingerprint density at radius 3 is 2.55 bits per heavy atom. The summed E-state index contributed by atoms with van der Waals surface area (Å²) in [4.78, 5) is 35.4. The van der Waals surface area contributed by atoms with Gasteiger partial charge in [-0.2, -0.15) is 0 Å². The number of carbonyl (C=O) groups excluding carboxylic acids is 2. The Hall–Kier alpha value is -2.44. The maximum absolute atomic E-state index is 11.9. The second-order valence-corrected chi connectivity index (χ2v) is 4.71. The third-order valence-corrected chi connectivity index (χ3v) is 3.27. The van der Waals surface area contributed by atoms with Gasteiger partial charge < -0.3 is 10.2 Å². The number of hydrogen-bond acceptors (Lipinski definition) is 4. The van der Waals surface area contributed by atoms with Crippen molar-refractivity contribution in [2.24, 2.45) is 0 Å². The Kier molecular flexibility index (Phi) is 3.97. The number of nitro groups is 1. The SMILES string of the molecule is Cc1ccc([N+](=O)[O-])cc1NC(=O)C(=O)N1CCCC1. The number of hydrogen-bond donors (Lipinski definition) is 1. The van der Waals surface area contributed by atoms with Crippen LogP contribution >= 0.6 is 0 Å². The van der Waals surface area contributed by atoms with Crippen molar-refractivity contribution in [3.05, 3.63) is 33.9 Å². The molecular formula is C13H15N3O4. The number of nitro benzene ring substituents is 1. The topological polar surface area (TPSA) is 92.5 Å². The molecule has 2 amide bonds. The minimum Gasteiger partial charge on any atom is -0.334 e. The van der Waals surface area contributed by atoms with Crippen LogP contribution in [0.5, 0.6) is 0 Å². The highest BCUT2D eigenvalue weighted by Gasteiger charge is 2.25. The molecule has 1 aliphatic rings. The highest BCUT2D eigenvalue weighted by molar-refractivity contribution is 6.39. The molecule has 1 aliphatic heterocycles. The number of likely N-dealkylation sites (tertiary alicyclic amines) is 1. The van der Waals surface area contributed by atoms with Crippen molar-refractivity contribution >= 4 is 23.2 Å². The average Bonchev–Trinajstić information content (AvgIpc) is 2.94. The summed E-state index contributed by atoms with van der Waals surface area (Å²) >= 11 is 0. The fourth-order valence-corrected chi connectivity index (χ4v) is 2.10. The van der Waals surface area contributed by atoms with Gasteiger partial charge in [-0.25, -0.2) is 0 Å². The maximum Gasteiger partial charge on any atom is 0.313 e. The molecule has 1 N–H and O–H groups in total. The first-order valence-electron chi connectivity index (χ1n) is 6.34. The molecule has 1 saturated heterocycles. The van der Waals surface area contributed by atoms with E-state index in [1.165, 1.54) is 23.1 Å². The molecule has 0 saturated carbocycles. The predicted molar refractivity (Wildman–Crippen MR) is 72.3 cm³/mol. The van der Waals surface area contributed by atoms with Crippen molar-refractivity contribution in [3.63, 3.8) is 0 Å². The van der Waals surface area contributed by atoms with Crippen LogP contribution < -0.4 is 5.32 Å². The van der Waals surface area contributed by atoms with E-state index >= 15 is 0 Å². The summed E-state index contributed by atoms with van der Waals surface area (Å²) in [7, 11) is 0. The largest absolute Gasteiger partial charge is 0.334 e. The Balaban J connectivity index is 2.12. The monoisotopic (exact) mass is 277 g/mol. The van der Waals surface area contributed by atoms with E-state index in [1.807, 2.05) is 0 Å². The molecule has 1 heterocycles. The lowest BCUT2D eigenvalue weighted by molar-refractivity contribution is -0.384. The molecule has 106 valence electrons. The third kappa shape index (κ3) is 2.93. The fraction of sp³-hybridized carbons (Fsp3) is 0.385. The van der Waals surface area contributed by atoms with Crippen LogP contribution in [0.2, 0.25) is 0 Å². The van der Waals surface area contributed by atoms with Gasteiger partial charge in [-0.1, -0.05) is 6.07 Å². The van der Waals surface area contributed by atoms with Crippen LogP contribution in [-0.4, -0.2) is 34.7 Å². The molecule has 7 heteroatoms. The maximum atomic E-state index is 11.9. The van der Waals surface area contributed by atoms with E-state index in [-0.39, 0.29) is 11.4 Å². The Labute approximate surface area is 115 Å². The van der Waals surface area contributed by atoms with Crippen LogP contribution in [0.15, 0.2) is 18.2 Å². The Bertz CT molecular complexity index is 565. The molecule has 0 aliphatic carbocycles. The molecular weight excluding hydrogens is 262 g/mol. The first-order valence-corrected chi connectivity index (χ1v) is 6.34. The van der Waals surface area contributed by atoms with Crippen LogP contribution in [0.1, 0.15) is 18.4 Å². The van der Waals surface area contributed by atoms with Crippen molar-refractivity contribution in [1.82, 2.24) is 4.90 Å². The molecule has 0 bridgehead atoms. The number of rotatable bonds is 2. The molecule has 0 unspecified atom stereocenters. The summed E-state index contributed by atoms with van der Waals surface area (Å²) in [5, 5.41) is 13.2. The van der Waals surface area contributed by atoms with E-state index in [0.29, 0.717) is 18.7 Å². The predicted octanol–water partition coefficient (Wildman–Crippen LogP) is 1.46. The molecule has 20 heavy (non-hydrogen) atoms. The lowest BCUT2D eigenvalue weighted by atomic mass is 10.2. The number of non-ortho nitro benzene ring substituents is 1. The number of aryl methyl sites for hydroxylation is 1. The molecule has 2 rings (SSSR count). The fourth-order valence-electron chi connectivity index (χ4n) is 2.10. The van der Waals surface area contributed by atoms with Crippen molar-refractivity contribution in [1.29, 1.82) is 0 Å². The third-order valence-electron chi connectivity index (χ3n) is 3.27. The number of amides is 2. The molecule has 0 aromatic heterocycles. The zero-order chi connectivity index (χ0) is 14.7. The summed E-state index contributed by atoms with van der Waals surface area (Å²) in [6.07, 6.45) is 1.80. The molecule has 1 aromatic carbocycles. The van der Waals surface area contributed by atoms with Gasteiger partial charge in [0.25, 0.3) is 5.69 Å². The zero-order valence-corrected chi connectivity index (χ0v) is 11.1. The number of nitrogens with zero attached hydrogens (tertiary/aromatic N) is 2. The van der Waals surface area contributed by atoms with Gasteiger partial charge in [-0.3, -0.25) is 19.7 Å². The Morgan fingerprint density at radius 2 is 1.95 bits per heavy atom. The van der Waals surface area contributed by atoms with Crippen LogP contribution in [0.4, 0.5) is 11.4 Å². The van der Waals surface area contributed by atoms with E-state index in [0.717, 1.165) is 12.8 Å². The first-order chi connectivity index (χ1) is 9.49. The van der Waals surface area contributed by atoms with E-state index in [2.05, 4.69) is 5.32 Å². The minimum atomic E-state index is -0.754. The van der Waals surface area contributed by atoms with E-state index in [9.17, 15) is 19.7 Å². The van der Waals surface area contributed by atoms with Crippen LogP contribution in [0.3, 0.4) is 0 Å². The van der Waals surface area contributed by atoms with Gasteiger partial charge >= 0.3 is 11.8 Å². The highest BCUT2D eigenvalue weighted by atomic mass is 16.6. The summed E-state index contributed by atoms with van der Waals surface area (Å²) in [6, 6.07) is 4.14. The summed E-state index contributed by atoms with van der Waals surface area (Å²) in [6.45, 7) is 2.88. The lowest BCUT2D eigenvalue weighted by Gasteiger charge is -2.15. The summed E-state index contributed by atoms with van der Waals surface area (Å²) in [5.74, 6) is -1.34. The molecule has 0 radical (unpaired) electrons. The number of benzene rings is 1. The van der Waals surface area contributed by atoms with Gasteiger partial charge in [0.05, 0.1) is 10.6 Å². The second-order valence-electron chi connectivity index (χ2n) is 4.71. The highest BCUT2D eigenvalue weighted by Crippen LogP contribution is 2.22. The van der Waals surface area contributed by atoms with Crippen molar-refractivity contribution in [2.45, 2.75) is 19.8 Å². The molecule has 7 nitrogen and oxygen atoms in total. The first kappa shape index (κ1) is 14.0. The minimum absolute atomic E-state index is 0.125. The van der Waals surface area contributed by atoms with E-state index in [4.69, 9.17) is 0 Å². The summed E-state index contributed by atoms with van der Waals surface area (Å²) < 4.78 is 0. The summed E-state index contributed by atoms with van der Waals surface area (Å²) in [5.41, 5.74) is 0.828. The van der Waals surface area contributed by atoms with E-state index in [1.54, 1.807) is 6.92 Å². The molecule has 0 spiro atoms. The molecule has 1 aromatic rings. The van der Waals surface area contributed by atoms with Crippen LogP contribution in [0, 0.1) is 17.0 Å². The Morgan fingerprint density at radius 1 is 1.30 bits per heavy atom. The van der Waals surface area contributed by atoms with Gasteiger partial charge in [0.1, 0.15) is 0 Å². The second kappa shape index (κ2) is 5.68. The normalized spacial score (nSPS) is 14.2. The lowest BCUT2D eigenvalue weighted by Crippen LogP contribution is -2.37. The smallest absolute Gasteiger partial charge is 0.313 e. The van der Waals surface area contributed by atoms with Crippen LogP contribution in [0.25, 0.3) is 0 Å². The van der Waals surface area contributed by atoms with Gasteiger partial charge in [0.15, 0.2) is 0 Å². The van der Waals surface area contributed by atoms with Crippen molar-refractivity contribution in [2.75, 3.05) is 18.4 Å². The zero-order valence-electron chi connectivity index (χ0n) is 11.1. The van der Waals surface area contributed by atoms with E-state index < -0.39 is 16.7 Å².